The van der Waals surface area contributed by atoms with Crippen molar-refractivity contribution in [2.24, 2.45) is 0 Å². The number of rotatable bonds is 7. The van der Waals surface area contributed by atoms with Crippen molar-refractivity contribution in [3.63, 3.8) is 0 Å². The second-order valence-corrected chi connectivity index (χ2v) is 8.24. The minimum absolute atomic E-state index is 0.0661. The van der Waals surface area contributed by atoms with Crippen LogP contribution in [0.25, 0.3) is 0 Å². The molecule has 0 bridgehead atoms. The van der Waals surface area contributed by atoms with Gasteiger partial charge >= 0.3 is 0 Å². The molecule has 0 saturated heterocycles. The number of halogens is 1. The summed E-state index contributed by atoms with van der Waals surface area (Å²) in [5.41, 5.74) is 2.35. The smallest absolute Gasteiger partial charge is 0.242 e. The Morgan fingerprint density at radius 3 is 2.33 bits per heavy atom. The molecule has 1 aliphatic carbocycles. The van der Waals surface area contributed by atoms with E-state index >= 15 is 0 Å². The number of carbonyl (C=O) groups excluding carboxylic acids is 2. The topological polar surface area (TPSA) is 49.4 Å². The van der Waals surface area contributed by atoms with E-state index in [0.717, 1.165) is 36.8 Å². The highest BCUT2D eigenvalue weighted by Gasteiger charge is 2.28. The Hall–Kier alpha value is -2.69. The molecule has 1 fully saturated rings. The van der Waals surface area contributed by atoms with E-state index in [1.165, 1.54) is 17.4 Å². The van der Waals surface area contributed by atoms with E-state index in [1.54, 1.807) is 25.1 Å². The van der Waals surface area contributed by atoms with Gasteiger partial charge in [0.15, 0.2) is 0 Å². The van der Waals surface area contributed by atoms with Crippen LogP contribution in [0.3, 0.4) is 0 Å². The average molecular weight is 411 g/mol. The van der Waals surface area contributed by atoms with Gasteiger partial charge in [-0.05, 0) is 43.9 Å². The minimum Gasteiger partial charge on any atom is -0.352 e. The van der Waals surface area contributed by atoms with Crippen molar-refractivity contribution in [1.29, 1.82) is 0 Å². The van der Waals surface area contributed by atoms with E-state index < -0.39 is 6.04 Å². The lowest BCUT2D eigenvalue weighted by atomic mass is 9.95. The van der Waals surface area contributed by atoms with E-state index in [2.05, 4.69) is 5.32 Å². The lowest BCUT2D eigenvalue weighted by molar-refractivity contribution is -0.140. The maximum atomic E-state index is 14.3. The lowest BCUT2D eigenvalue weighted by Gasteiger charge is -2.31. The number of hydrogen-bond donors (Lipinski definition) is 1. The van der Waals surface area contributed by atoms with Crippen molar-refractivity contribution in [3.8, 4) is 0 Å². The summed E-state index contributed by atoms with van der Waals surface area (Å²) in [6, 6.07) is 13.6. The third kappa shape index (κ3) is 5.68. The molecule has 1 aliphatic rings. The lowest BCUT2D eigenvalue weighted by Crippen LogP contribution is -2.50. The Bertz CT molecular complexity index is 877. The van der Waals surface area contributed by atoms with E-state index in [4.69, 9.17) is 0 Å². The summed E-state index contributed by atoms with van der Waals surface area (Å²) in [5, 5.41) is 3.10. The highest BCUT2D eigenvalue weighted by atomic mass is 19.1. The van der Waals surface area contributed by atoms with Crippen LogP contribution in [0.15, 0.2) is 48.5 Å². The first-order chi connectivity index (χ1) is 14.5. The summed E-state index contributed by atoms with van der Waals surface area (Å²) in [7, 11) is 0. The molecule has 0 spiro atoms. The number of carbonyl (C=O) groups is 2. The molecule has 1 N–H and O–H groups in total. The number of aryl methyl sites for hydroxylation is 1. The quantitative estimate of drug-likeness (QED) is 0.728. The van der Waals surface area contributed by atoms with Crippen molar-refractivity contribution in [3.05, 3.63) is 71.0 Å². The zero-order valence-electron chi connectivity index (χ0n) is 17.9. The highest BCUT2D eigenvalue weighted by Crippen LogP contribution is 2.19. The zero-order chi connectivity index (χ0) is 21.5. The summed E-state index contributed by atoms with van der Waals surface area (Å²) < 4.78 is 14.3. The molecule has 160 valence electrons. The molecule has 0 heterocycles. The van der Waals surface area contributed by atoms with Crippen LogP contribution in [0.5, 0.6) is 0 Å². The predicted molar refractivity (Wildman–Crippen MR) is 116 cm³/mol. The Morgan fingerprint density at radius 2 is 1.67 bits per heavy atom. The molecular formula is C25H31FN2O2. The van der Waals surface area contributed by atoms with Crippen molar-refractivity contribution in [2.45, 2.75) is 71.0 Å². The fraction of sp³-hybridized carbons (Fsp3) is 0.440. The maximum Gasteiger partial charge on any atom is 0.242 e. The van der Waals surface area contributed by atoms with Gasteiger partial charge in [-0.3, -0.25) is 9.59 Å². The first kappa shape index (κ1) is 22.0. The summed E-state index contributed by atoms with van der Waals surface area (Å²) in [4.78, 5) is 27.7. The number of nitrogens with one attached hydrogen (secondary N) is 1. The molecule has 30 heavy (non-hydrogen) atoms. The summed E-state index contributed by atoms with van der Waals surface area (Å²) in [5.74, 6) is -0.721. The number of hydrogen-bond acceptors (Lipinski definition) is 2. The van der Waals surface area contributed by atoms with Crippen molar-refractivity contribution < 1.29 is 14.0 Å². The van der Waals surface area contributed by atoms with Crippen LogP contribution < -0.4 is 5.32 Å². The minimum atomic E-state index is -0.678. The summed E-state index contributed by atoms with van der Waals surface area (Å²) in [6.45, 7) is 3.76. The molecule has 0 aromatic heterocycles. The Balaban J connectivity index is 1.78. The largest absolute Gasteiger partial charge is 0.352 e. The van der Waals surface area contributed by atoms with E-state index in [9.17, 15) is 14.0 Å². The number of benzene rings is 2. The third-order valence-electron chi connectivity index (χ3n) is 6.02. The molecule has 2 amide bonds. The van der Waals surface area contributed by atoms with E-state index in [-0.39, 0.29) is 36.6 Å². The summed E-state index contributed by atoms with van der Waals surface area (Å²) in [6.07, 6.45) is 5.57. The van der Waals surface area contributed by atoms with Crippen molar-refractivity contribution >= 4 is 11.8 Å². The molecule has 3 rings (SSSR count). The van der Waals surface area contributed by atoms with Gasteiger partial charge in [0, 0.05) is 18.2 Å². The molecule has 5 heteroatoms. The summed E-state index contributed by atoms with van der Waals surface area (Å²) >= 11 is 0. The Kier molecular flexibility index (Phi) is 7.61. The maximum absolute atomic E-state index is 14.3. The van der Waals surface area contributed by atoms with Crippen LogP contribution in [-0.4, -0.2) is 28.8 Å². The monoisotopic (exact) mass is 410 g/mol. The normalized spacial score (nSPS) is 15.4. The molecule has 0 unspecified atom stereocenters. The van der Waals surface area contributed by atoms with E-state index in [0.29, 0.717) is 5.56 Å². The Labute approximate surface area is 178 Å². The van der Waals surface area contributed by atoms with Gasteiger partial charge < -0.3 is 10.2 Å². The molecule has 1 atom stereocenters. The third-order valence-corrected chi connectivity index (χ3v) is 6.02. The van der Waals surface area contributed by atoms with Gasteiger partial charge in [0.05, 0.1) is 6.42 Å². The van der Waals surface area contributed by atoms with Gasteiger partial charge in [0.25, 0.3) is 0 Å². The van der Waals surface area contributed by atoms with Crippen LogP contribution in [0.1, 0.15) is 55.7 Å². The molecule has 0 aliphatic heterocycles. The molecule has 4 nitrogen and oxygen atoms in total. The van der Waals surface area contributed by atoms with Crippen LogP contribution in [0.2, 0.25) is 0 Å². The van der Waals surface area contributed by atoms with Crippen LogP contribution in [-0.2, 0) is 22.6 Å². The molecule has 1 saturated carbocycles. The average Bonchev–Trinajstić information content (AvgIpc) is 2.75. The molecule has 0 radical (unpaired) electrons. The molecular weight excluding hydrogens is 379 g/mol. The fourth-order valence-electron chi connectivity index (χ4n) is 4.03. The number of amides is 2. The van der Waals surface area contributed by atoms with Crippen LogP contribution in [0.4, 0.5) is 4.39 Å². The predicted octanol–water partition coefficient (Wildman–Crippen LogP) is 4.54. The SMILES string of the molecule is Cc1ccccc1CC(=O)N(Cc1ccccc1F)[C@H](C)C(=O)NC1CCCCC1. The molecule has 2 aromatic carbocycles. The van der Waals surface area contributed by atoms with Gasteiger partial charge in [-0.25, -0.2) is 4.39 Å². The molecule has 2 aromatic rings. The Morgan fingerprint density at radius 1 is 1.03 bits per heavy atom. The van der Waals surface area contributed by atoms with Gasteiger partial charge in [-0.15, -0.1) is 0 Å². The first-order valence-electron chi connectivity index (χ1n) is 10.8. The van der Waals surface area contributed by atoms with Gasteiger partial charge in [0.2, 0.25) is 11.8 Å². The van der Waals surface area contributed by atoms with E-state index in [1.807, 2.05) is 31.2 Å². The van der Waals surface area contributed by atoms with Gasteiger partial charge in [0.1, 0.15) is 11.9 Å². The van der Waals surface area contributed by atoms with Crippen molar-refractivity contribution in [1.82, 2.24) is 10.2 Å². The fourth-order valence-corrected chi connectivity index (χ4v) is 4.03. The highest BCUT2D eigenvalue weighted by molar-refractivity contribution is 5.88. The van der Waals surface area contributed by atoms with Crippen LogP contribution in [0, 0.1) is 12.7 Å². The first-order valence-corrected chi connectivity index (χ1v) is 10.8. The van der Waals surface area contributed by atoms with Gasteiger partial charge in [-0.2, -0.15) is 0 Å². The zero-order valence-corrected chi connectivity index (χ0v) is 17.9. The second kappa shape index (κ2) is 10.4. The second-order valence-electron chi connectivity index (χ2n) is 8.24. The van der Waals surface area contributed by atoms with Crippen LogP contribution >= 0.6 is 0 Å². The number of nitrogens with zero attached hydrogens (tertiary/aromatic N) is 1. The van der Waals surface area contributed by atoms with Crippen molar-refractivity contribution in [2.75, 3.05) is 0 Å². The van der Waals surface area contributed by atoms with Gasteiger partial charge in [-0.1, -0.05) is 61.7 Å². The standard InChI is InChI=1S/C25H31FN2O2/c1-18-10-6-7-11-20(18)16-24(29)28(17-21-12-8-9-15-23(21)26)19(2)25(30)27-22-13-4-3-5-14-22/h6-12,15,19,22H,3-5,13-14,16-17H2,1-2H3,(H,27,30)/t19-/m1/s1.